The molecular weight excluding hydrogens is 355 g/mol. The fourth-order valence-corrected chi connectivity index (χ4v) is 3.45. The van der Waals surface area contributed by atoms with E-state index in [0.717, 1.165) is 22.4 Å². The number of hydrogen-bond acceptors (Lipinski definition) is 2. The smallest absolute Gasteiger partial charge is 0.354 e. The summed E-state index contributed by atoms with van der Waals surface area (Å²) in [6, 6.07) is 13.8. The van der Waals surface area contributed by atoms with Crippen molar-refractivity contribution in [3.8, 4) is 22.3 Å². The molecule has 0 saturated heterocycles. The largest absolute Gasteiger partial charge is 0.461 e. The lowest BCUT2D eigenvalue weighted by Gasteiger charge is -2.09. The molecule has 0 N–H and O–H groups in total. The van der Waals surface area contributed by atoms with Gasteiger partial charge in [0, 0.05) is 18.3 Å². The predicted molar refractivity (Wildman–Crippen MR) is 108 cm³/mol. The third-order valence-corrected chi connectivity index (χ3v) is 4.73. The molecular formula is C23H21FN2O2. The minimum atomic E-state index is -0.446. The van der Waals surface area contributed by atoms with Gasteiger partial charge in [0.25, 0.3) is 0 Å². The molecule has 3 aromatic rings. The van der Waals surface area contributed by atoms with Gasteiger partial charge in [0.2, 0.25) is 5.69 Å². The predicted octanol–water partition coefficient (Wildman–Crippen LogP) is 5.79. The van der Waals surface area contributed by atoms with Crippen molar-refractivity contribution in [1.82, 2.24) is 4.57 Å². The molecule has 0 aliphatic carbocycles. The summed E-state index contributed by atoms with van der Waals surface area (Å²) < 4.78 is 20.5. The summed E-state index contributed by atoms with van der Waals surface area (Å²) in [5, 5.41) is 0. The third kappa shape index (κ3) is 3.41. The van der Waals surface area contributed by atoms with Gasteiger partial charge >= 0.3 is 5.97 Å². The number of carbonyl (C=O) groups excluding carboxylic acids is 1. The first-order chi connectivity index (χ1) is 13.5. The normalized spacial score (nSPS) is 10.5. The van der Waals surface area contributed by atoms with Crippen LogP contribution in [0.25, 0.3) is 27.1 Å². The molecule has 2 aromatic carbocycles. The summed E-state index contributed by atoms with van der Waals surface area (Å²) in [6.45, 7) is 11.6. The van der Waals surface area contributed by atoms with Crippen molar-refractivity contribution in [3.63, 3.8) is 0 Å². The number of esters is 1. The van der Waals surface area contributed by atoms with Gasteiger partial charge in [0.05, 0.1) is 13.2 Å². The molecule has 0 saturated carbocycles. The number of nitrogens with zero attached hydrogens (tertiary/aromatic N) is 2. The zero-order chi connectivity index (χ0) is 20.3. The van der Waals surface area contributed by atoms with Crippen LogP contribution in [0.1, 0.15) is 30.0 Å². The van der Waals surface area contributed by atoms with Crippen molar-refractivity contribution in [3.05, 3.63) is 77.2 Å². The van der Waals surface area contributed by atoms with Crippen molar-refractivity contribution < 1.29 is 13.9 Å². The van der Waals surface area contributed by atoms with Gasteiger partial charge in [-0.1, -0.05) is 43.3 Å². The highest BCUT2D eigenvalue weighted by Crippen LogP contribution is 2.40. The molecule has 28 heavy (non-hydrogen) atoms. The lowest BCUT2D eigenvalue weighted by atomic mass is 9.99. The second-order valence-corrected chi connectivity index (χ2v) is 6.35. The van der Waals surface area contributed by atoms with Gasteiger partial charge in [-0.05, 0) is 42.2 Å². The SMILES string of the molecule is [C-]#[N+]c1c(-c2ccc(-c3cccc(F)c3)cc2)c(C(=O)OCC)n(C)c1CC. The Morgan fingerprint density at radius 1 is 1.11 bits per heavy atom. The Morgan fingerprint density at radius 2 is 1.79 bits per heavy atom. The van der Waals surface area contributed by atoms with E-state index in [1.807, 2.05) is 37.3 Å². The van der Waals surface area contributed by atoms with Crippen LogP contribution in [0.2, 0.25) is 0 Å². The molecule has 4 nitrogen and oxygen atoms in total. The van der Waals surface area contributed by atoms with Crippen LogP contribution in [-0.4, -0.2) is 17.1 Å². The second kappa shape index (κ2) is 8.10. The number of ether oxygens (including phenoxy) is 1. The molecule has 0 spiro atoms. The Bertz CT molecular complexity index is 1060. The molecule has 5 heteroatoms. The zero-order valence-corrected chi connectivity index (χ0v) is 16.1. The molecule has 0 unspecified atom stereocenters. The molecule has 142 valence electrons. The molecule has 3 rings (SSSR count). The molecule has 0 radical (unpaired) electrons. The van der Waals surface area contributed by atoms with Crippen molar-refractivity contribution in [2.24, 2.45) is 7.05 Å². The van der Waals surface area contributed by atoms with E-state index in [-0.39, 0.29) is 12.4 Å². The maximum Gasteiger partial charge on any atom is 0.354 e. The van der Waals surface area contributed by atoms with E-state index in [4.69, 9.17) is 11.3 Å². The second-order valence-electron chi connectivity index (χ2n) is 6.35. The minimum absolute atomic E-state index is 0.261. The molecule has 0 fully saturated rings. The van der Waals surface area contributed by atoms with Crippen LogP contribution in [-0.2, 0) is 18.2 Å². The highest BCUT2D eigenvalue weighted by atomic mass is 19.1. The summed E-state index contributed by atoms with van der Waals surface area (Å²) in [5.74, 6) is -0.740. The third-order valence-electron chi connectivity index (χ3n) is 4.73. The van der Waals surface area contributed by atoms with Crippen LogP contribution in [0.5, 0.6) is 0 Å². The molecule has 1 heterocycles. The summed E-state index contributed by atoms with van der Waals surface area (Å²) in [7, 11) is 1.78. The highest BCUT2D eigenvalue weighted by molar-refractivity contribution is 6.01. The number of hydrogen-bond donors (Lipinski definition) is 0. The minimum Gasteiger partial charge on any atom is -0.461 e. The van der Waals surface area contributed by atoms with Gasteiger partial charge in [-0.15, -0.1) is 0 Å². The van der Waals surface area contributed by atoms with Gasteiger partial charge in [-0.3, -0.25) is 0 Å². The van der Waals surface area contributed by atoms with E-state index in [2.05, 4.69) is 4.85 Å². The number of rotatable bonds is 5. The molecule has 0 amide bonds. The summed E-state index contributed by atoms with van der Waals surface area (Å²) >= 11 is 0. The Hall–Kier alpha value is -3.39. The molecule has 1 aromatic heterocycles. The monoisotopic (exact) mass is 376 g/mol. The first-order valence-corrected chi connectivity index (χ1v) is 9.14. The Kier molecular flexibility index (Phi) is 5.60. The first-order valence-electron chi connectivity index (χ1n) is 9.14. The Balaban J connectivity index is 2.15. The number of benzene rings is 2. The summed E-state index contributed by atoms with van der Waals surface area (Å²) in [4.78, 5) is 16.3. The van der Waals surface area contributed by atoms with E-state index < -0.39 is 5.97 Å². The Labute approximate surface area is 164 Å². The van der Waals surface area contributed by atoms with Gasteiger partial charge in [-0.25, -0.2) is 14.0 Å². The standard InChI is InChI=1S/C23H21FN2O2/c1-5-19-21(25-3)20(22(26(19)4)23(27)28-6-2)16-12-10-15(11-13-16)17-8-7-9-18(24)14-17/h7-14H,5-6H2,1-2,4H3. The summed E-state index contributed by atoms with van der Waals surface area (Å²) in [5.41, 5.74) is 4.60. The van der Waals surface area contributed by atoms with E-state index in [1.54, 1.807) is 24.6 Å². The van der Waals surface area contributed by atoms with Crippen LogP contribution < -0.4 is 0 Å². The van der Waals surface area contributed by atoms with E-state index in [1.165, 1.54) is 12.1 Å². The van der Waals surface area contributed by atoms with Crippen LogP contribution in [0.4, 0.5) is 10.1 Å². The van der Waals surface area contributed by atoms with Crippen LogP contribution in [0, 0.1) is 12.4 Å². The quantitative estimate of drug-likeness (QED) is 0.417. The van der Waals surface area contributed by atoms with Gasteiger partial charge in [0.15, 0.2) is 0 Å². The van der Waals surface area contributed by atoms with Gasteiger partial charge in [-0.2, -0.15) is 0 Å². The van der Waals surface area contributed by atoms with Crippen LogP contribution >= 0.6 is 0 Å². The molecule has 0 aliphatic rings. The number of halogens is 1. The lowest BCUT2D eigenvalue weighted by molar-refractivity contribution is 0.0516. The molecule has 0 bridgehead atoms. The average molecular weight is 376 g/mol. The van der Waals surface area contributed by atoms with Crippen LogP contribution in [0.15, 0.2) is 48.5 Å². The fraction of sp³-hybridized carbons (Fsp3) is 0.217. The zero-order valence-electron chi connectivity index (χ0n) is 16.1. The molecule has 0 atom stereocenters. The summed E-state index contributed by atoms with van der Waals surface area (Å²) in [6.07, 6.45) is 0.627. The van der Waals surface area contributed by atoms with Crippen molar-refractivity contribution in [1.29, 1.82) is 0 Å². The average Bonchev–Trinajstić information content (AvgIpc) is 2.99. The van der Waals surface area contributed by atoms with Gasteiger partial charge in [0.1, 0.15) is 11.5 Å². The van der Waals surface area contributed by atoms with E-state index >= 15 is 0 Å². The fourth-order valence-electron chi connectivity index (χ4n) is 3.45. The lowest BCUT2D eigenvalue weighted by Crippen LogP contribution is -2.12. The van der Waals surface area contributed by atoms with Gasteiger partial charge < -0.3 is 9.30 Å². The van der Waals surface area contributed by atoms with Crippen molar-refractivity contribution in [2.75, 3.05) is 6.61 Å². The van der Waals surface area contributed by atoms with E-state index in [0.29, 0.717) is 23.4 Å². The Morgan fingerprint density at radius 3 is 2.36 bits per heavy atom. The number of carbonyl (C=O) groups is 1. The molecule has 0 aliphatic heterocycles. The maximum atomic E-state index is 13.5. The van der Waals surface area contributed by atoms with Crippen molar-refractivity contribution >= 4 is 11.7 Å². The van der Waals surface area contributed by atoms with Crippen LogP contribution in [0.3, 0.4) is 0 Å². The topological polar surface area (TPSA) is 35.6 Å². The number of aromatic nitrogens is 1. The van der Waals surface area contributed by atoms with Crippen molar-refractivity contribution in [2.45, 2.75) is 20.3 Å². The first kappa shape index (κ1) is 19.4. The van der Waals surface area contributed by atoms with E-state index in [9.17, 15) is 9.18 Å². The highest BCUT2D eigenvalue weighted by Gasteiger charge is 2.26. The maximum absolute atomic E-state index is 13.5.